The number of carbonyl (C=O) groups is 3. The van der Waals surface area contributed by atoms with Crippen LogP contribution in [0.3, 0.4) is 0 Å². The lowest BCUT2D eigenvalue weighted by atomic mass is 9.70. The third-order valence-corrected chi connectivity index (χ3v) is 8.75. The number of ketones is 2. The average Bonchev–Trinajstić information content (AvgIpc) is 3.75. The van der Waals surface area contributed by atoms with Gasteiger partial charge in [-0.15, -0.1) is 0 Å². The van der Waals surface area contributed by atoms with Gasteiger partial charge in [-0.2, -0.15) is 0 Å². The van der Waals surface area contributed by atoms with Crippen molar-refractivity contribution in [1.82, 2.24) is 9.88 Å². The van der Waals surface area contributed by atoms with Gasteiger partial charge in [0.1, 0.15) is 23.0 Å². The lowest BCUT2D eigenvalue weighted by Gasteiger charge is -2.45. The van der Waals surface area contributed by atoms with Crippen molar-refractivity contribution in [2.24, 2.45) is 5.92 Å². The Morgan fingerprint density at radius 2 is 1.78 bits per heavy atom. The van der Waals surface area contributed by atoms with E-state index < -0.39 is 17.5 Å². The summed E-state index contributed by atoms with van der Waals surface area (Å²) in [6.45, 7) is 1.28. The van der Waals surface area contributed by atoms with E-state index >= 15 is 0 Å². The molecule has 208 valence electrons. The molecule has 2 N–H and O–H groups in total. The van der Waals surface area contributed by atoms with Gasteiger partial charge in [0.2, 0.25) is 0 Å². The Morgan fingerprint density at radius 1 is 1.00 bits per heavy atom. The molecule has 7 rings (SSSR count). The van der Waals surface area contributed by atoms with Crippen LogP contribution in [0.25, 0.3) is 22.0 Å². The van der Waals surface area contributed by atoms with Crippen LogP contribution < -0.4 is 14.8 Å². The maximum Gasteiger partial charge on any atom is 0.335 e. The smallest absolute Gasteiger partial charge is 0.335 e. The number of fused-ring (bicyclic) bond motifs is 2. The molecule has 1 aromatic heterocycles. The highest BCUT2D eigenvalue weighted by atomic mass is 16.5. The van der Waals surface area contributed by atoms with E-state index in [0.717, 1.165) is 23.7 Å². The predicted octanol–water partition coefficient (Wildman–Crippen LogP) is 5.55. The lowest BCUT2D eigenvalue weighted by Crippen LogP contribution is -2.58. The number of benzene rings is 3. The monoisotopic (exact) mass is 550 g/mol. The van der Waals surface area contributed by atoms with E-state index in [4.69, 9.17) is 9.47 Å². The molecule has 2 aliphatic heterocycles. The first-order valence-electron chi connectivity index (χ1n) is 14.0. The van der Waals surface area contributed by atoms with Crippen LogP contribution in [0.4, 0.5) is 0 Å². The predicted molar refractivity (Wildman–Crippen MR) is 153 cm³/mol. The van der Waals surface area contributed by atoms with Gasteiger partial charge in [-0.1, -0.05) is 18.2 Å². The fourth-order valence-corrected chi connectivity index (χ4v) is 6.47. The normalized spacial score (nSPS) is 19.5. The number of Topliss-reactive ketones (excluding diaryl/α,β-unsaturated/α-hetero) is 2. The van der Waals surface area contributed by atoms with Crippen LogP contribution in [0.2, 0.25) is 0 Å². The van der Waals surface area contributed by atoms with E-state index in [0.29, 0.717) is 65.7 Å². The standard InChI is InChI=1S/C33H30N2O6/c1-40-28-18-22(17-26-24(28)9-14-35(26)23-6-7-23)30(36)29-31(37)25-16-20(19-3-2-4-21(15-19)32(38)39)5-8-27(25)41-33(29)10-12-34-13-11-33/h2-5,8-9,14-18,23,29,34H,6-7,10-13H2,1H3,(H,38,39)/t29-/m1/s1. The summed E-state index contributed by atoms with van der Waals surface area (Å²) < 4.78 is 14.5. The third kappa shape index (κ3) is 4.21. The summed E-state index contributed by atoms with van der Waals surface area (Å²) in [4.78, 5) is 40.4. The molecule has 4 aromatic rings. The fourth-order valence-electron chi connectivity index (χ4n) is 6.47. The minimum absolute atomic E-state index is 0.157. The number of carboxylic acids is 1. The second-order valence-corrected chi connectivity index (χ2v) is 11.2. The van der Waals surface area contributed by atoms with Crippen LogP contribution in [-0.4, -0.2) is 53.0 Å². The van der Waals surface area contributed by atoms with E-state index in [-0.39, 0.29) is 17.1 Å². The van der Waals surface area contributed by atoms with Crippen LogP contribution in [0, 0.1) is 5.92 Å². The number of aromatic nitrogens is 1. The van der Waals surface area contributed by atoms with E-state index in [1.54, 1.807) is 43.5 Å². The molecule has 41 heavy (non-hydrogen) atoms. The first-order chi connectivity index (χ1) is 19.9. The Balaban J connectivity index is 1.33. The fraction of sp³-hybridized carbons (Fsp3) is 0.303. The van der Waals surface area contributed by atoms with Gasteiger partial charge >= 0.3 is 5.97 Å². The summed E-state index contributed by atoms with van der Waals surface area (Å²) in [5, 5.41) is 13.7. The number of nitrogens with one attached hydrogen (secondary N) is 1. The molecular weight excluding hydrogens is 520 g/mol. The molecule has 3 heterocycles. The van der Waals surface area contributed by atoms with Gasteiger partial charge in [0.25, 0.3) is 0 Å². The highest BCUT2D eigenvalue weighted by Gasteiger charge is 2.54. The van der Waals surface area contributed by atoms with Gasteiger partial charge in [-0.3, -0.25) is 9.59 Å². The first kappa shape index (κ1) is 25.5. The largest absolute Gasteiger partial charge is 0.496 e. The average molecular weight is 551 g/mol. The van der Waals surface area contributed by atoms with Crippen LogP contribution in [0.5, 0.6) is 11.5 Å². The molecule has 0 bridgehead atoms. The van der Waals surface area contributed by atoms with Gasteiger partial charge in [-0.05, 0) is 79.5 Å². The topological polar surface area (TPSA) is 107 Å². The summed E-state index contributed by atoms with van der Waals surface area (Å²) in [5.74, 6) is -1.53. The number of rotatable bonds is 6. The Kier molecular flexibility index (Phi) is 5.97. The maximum absolute atomic E-state index is 14.4. The Bertz CT molecular complexity index is 1730. The summed E-state index contributed by atoms with van der Waals surface area (Å²) in [5.41, 5.74) is 2.24. The molecule has 0 unspecified atom stereocenters. The number of hydrogen-bond acceptors (Lipinski definition) is 6. The quantitative estimate of drug-likeness (QED) is 0.240. The van der Waals surface area contributed by atoms with Crippen LogP contribution in [-0.2, 0) is 0 Å². The number of carbonyl (C=O) groups excluding carboxylic acids is 2. The Hall–Kier alpha value is -4.43. The number of carboxylic acid groups (broad SMARTS) is 1. The zero-order valence-electron chi connectivity index (χ0n) is 22.7. The molecular formula is C33H30N2O6. The van der Waals surface area contributed by atoms with Gasteiger partial charge in [0.05, 0.1) is 23.8 Å². The van der Waals surface area contributed by atoms with Crippen molar-refractivity contribution >= 4 is 28.4 Å². The van der Waals surface area contributed by atoms with Crippen molar-refractivity contribution in [1.29, 1.82) is 0 Å². The lowest BCUT2D eigenvalue weighted by molar-refractivity contribution is -0.0138. The number of piperidine rings is 1. The molecule has 8 nitrogen and oxygen atoms in total. The van der Waals surface area contributed by atoms with Crippen LogP contribution in [0.1, 0.15) is 62.8 Å². The molecule has 1 atom stereocenters. The molecule has 0 radical (unpaired) electrons. The van der Waals surface area contributed by atoms with E-state index in [9.17, 15) is 19.5 Å². The van der Waals surface area contributed by atoms with Gasteiger partial charge < -0.3 is 24.5 Å². The van der Waals surface area contributed by atoms with Crippen molar-refractivity contribution in [3.63, 3.8) is 0 Å². The molecule has 1 spiro atoms. The molecule has 1 aliphatic carbocycles. The van der Waals surface area contributed by atoms with Crippen molar-refractivity contribution in [2.45, 2.75) is 37.3 Å². The van der Waals surface area contributed by atoms with Crippen LogP contribution >= 0.6 is 0 Å². The highest BCUT2D eigenvalue weighted by molar-refractivity contribution is 6.19. The minimum Gasteiger partial charge on any atom is -0.496 e. The van der Waals surface area contributed by atoms with E-state index in [1.807, 2.05) is 24.4 Å². The minimum atomic E-state index is -1.03. The van der Waals surface area contributed by atoms with Crippen molar-refractivity contribution in [3.8, 4) is 22.6 Å². The highest BCUT2D eigenvalue weighted by Crippen LogP contribution is 2.46. The number of aromatic carboxylic acids is 1. The van der Waals surface area contributed by atoms with Crippen molar-refractivity contribution in [3.05, 3.63) is 83.6 Å². The van der Waals surface area contributed by atoms with E-state index in [2.05, 4.69) is 9.88 Å². The third-order valence-electron chi connectivity index (χ3n) is 8.75. The van der Waals surface area contributed by atoms with Gasteiger partial charge in [0.15, 0.2) is 11.6 Å². The molecule has 3 aliphatic rings. The van der Waals surface area contributed by atoms with E-state index in [1.165, 1.54) is 6.07 Å². The summed E-state index contributed by atoms with van der Waals surface area (Å²) in [6, 6.07) is 18.0. The Morgan fingerprint density at radius 3 is 2.51 bits per heavy atom. The second-order valence-electron chi connectivity index (χ2n) is 11.2. The van der Waals surface area contributed by atoms with Gasteiger partial charge in [-0.25, -0.2) is 4.79 Å². The molecule has 1 saturated heterocycles. The zero-order valence-corrected chi connectivity index (χ0v) is 22.7. The Labute approximate surface area is 236 Å². The molecule has 1 saturated carbocycles. The van der Waals surface area contributed by atoms with Crippen molar-refractivity contribution < 1.29 is 29.0 Å². The number of nitrogens with zero attached hydrogens (tertiary/aromatic N) is 1. The summed E-state index contributed by atoms with van der Waals surface area (Å²) in [7, 11) is 1.60. The number of methoxy groups -OCH3 is 1. The summed E-state index contributed by atoms with van der Waals surface area (Å²) >= 11 is 0. The molecule has 2 fully saturated rings. The molecule has 8 heteroatoms. The second kappa shape index (κ2) is 9.59. The maximum atomic E-state index is 14.4. The first-order valence-corrected chi connectivity index (χ1v) is 14.0. The number of ether oxygens (including phenoxy) is 2. The molecule has 3 aromatic carbocycles. The number of hydrogen-bond donors (Lipinski definition) is 2. The molecule has 0 amide bonds. The van der Waals surface area contributed by atoms with Crippen LogP contribution in [0.15, 0.2) is 66.9 Å². The SMILES string of the molecule is COc1cc(C(=O)[C@@H]2C(=O)c3cc(-c4cccc(C(=O)O)c4)ccc3OC23CCNCC3)cc2c1ccn2C1CC1. The van der Waals surface area contributed by atoms with Crippen molar-refractivity contribution in [2.75, 3.05) is 20.2 Å². The zero-order chi connectivity index (χ0) is 28.3. The van der Waals surface area contributed by atoms with Gasteiger partial charge in [0, 0.05) is 36.0 Å². The summed E-state index contributed by atoms with van der Waals surface area (Å²) in [6.07, 6.45) is 5.29.